The normalized spacial score (nSPS) is 10.9. The molecule has 7 heteroatoms. The second-order valence-corrected chi connectivity index (χ2v) is 7.84. The molecule has 0 atom stereocenters. The van der Waals surface area contributed by atoms with E-state index in [4.69, 9.17) is 4.52 Å². The Bertz CT molecular complexity index is 1160. The number of hydrogen-bond acceptors (Lipinski definition) is 5. The lowest BCUT2D eigenvalue weighted by Gasteiger charge is -2.05. The van der Waals surface area contributed by atoms with Gasteiger partial charge in [-0.05, 0) is 38.1 Å². The molecule has 152 valence electrons. The zero-order chi connectivity index (χ0) is 21.1. The molecule has 1 amide bonds. The van der Waals surface area contributed by atoms with E-state index < -0.39 is 0 Å². The summed E-state index contributed by atoms with van der Waals surface area (Å²) in [5, 5.41) is 9.85. The SMILES string of the molecule is Cc1ccc(-c2nc(CCNC(=O)c3c(-c4ccc(F)cc4)noc3C)cs2)cc1. The maximum absolute atomic E-state index is 13.2. The molecule has 0 unspecified atom stereocenters. The van der Waals surface area contributed by atoms with Crippen LogP contribution in [0.1, 0.15) is 27.4 Å². The Balaban J connectivity index is 1.41. The number of benzene rings is 2. The number of carbonyl (C=O) groups excluding carboxylic acids is 1. The predicted molar refractivity (Wildman–Crippen MR) is 115 cm³/mol. The van der Waals surface area contributed by atoms with E-state index in [0.717, 1.165) is 16.3 Å². The summed E-state index contributed by atoms with van der Waals surface area (Å²) in [6, 6.07) is 14.1. The van der Waals surface area contributed by atoms with E-state index >= 15 is 0 Å². The van der Waals surface area contributed by atoms with Crippen molar-refractivity contribution in [3.8, 4) is 21.8 Å². The monoisotopic (exact) mass is 421 g/mol. The first kappa shape index (κ1) is 20.0. The third kappa shape index (κ3) is 4.31. The topological polar surface area (TPSA) is 68.0 Å². The van der Waals surface area contributed by atoms with Crippen molar-refractivity contribution in [3.05, 3.63) is 82.3 Å². The molecule has 0 saturated carbocycles. The molecule has 2 heterocycles. The zero-order valence-corrected chi connectivity index (χ0v) is 17.4. The molecule has 1 N–H and O–H groups in total. The largest absolute Gasteiger partial charge is 0.360 e. The number of rotatable bonds is 6. The Morgan fingerprint density at radius 1 is 1.07 bits per heavy atom. The van der Waals surface area contributed by atoms with Crippen LogP contribution in [0.3, 0.4) is 0 Å². The van der Waals surface area contributed by atoms with Crippen molar-refractivity contribution in [1.29, 1.82) is 0 Å². The van der Waals surface area contributed by atoms with Gasteiger partial charge in [-0.15, -0.1) is 11.3 Å². The van der Waals surface area contributed by atoms with Crippen LogP contribution in [-0.2, 0) is 6.42 Å². The Morgan fingerprint density at radius 3 is 2.50 bits per heavy atom. The first-order valence-electron chi connectivity index (χ1n) is 9.53. The Morgan fingerprint density at radius 2 is 1.77 bits per heavy atom. The van der Waals surface area contributed by atoms with Gasteiger partial charge in [-0.1, -0.05) is 35.0 Å². The average molecular weight is 421 g/mol. The highest BCUT2D eigenvalue weighted by Crippen LogP contribution is 2.26. The molecular formula is C23H20FN3O2S. The summed E-state index contributed by atoms with van der Waals surface area (Å²) in [5.74, 6) is -0.206. The molecule has 0 saturated heterocycles. The van der Waals surface area contributed by atoms with Crippen LogP contribution in [0.5, 0.6) is 0 Å². The van der Waals surface area contributed by atoms with E-state index in [1.54, 1.807) is 30.4 Å². The summed E-state index contributed by atoms with van der Waals surface area (Å²) < 4.78 is 18.4. The molecular weight excluding hydrogens is 401 g/mol. The fourth-order valence-corrected chi connectivity index (χ4v) is 3.95. The summed E-state index contributed by atoms with van der Waals surface area (Å²) in [6.07, 6.45) is 0.615. The standard InChI is InChI=1S/C23H20FN3O2S/c1-14-3-5-17(6-4-14)23-26-19(13-30-23)11-12-25-22(28)20-15(2)29-27-21(20)16-7-9-18(24)10-8-16/h3-10,13H,11-12H2,1-2H3,(H,25,28). The lowest BCUT2D eigenvalue weighted by molar-refractivity contribution is 0.0953. The van der Waals surface area contributed by atoms with Crippen molar-refractivity contribution in [2.75, 3.05) is 6.54 Å². The van der Waals surface area contributed by atoms with E-state index in [1.165, 1.54) is 17.7 Å². The zero-order valence-electron chi connectivity index (χ0n) is 16.6. The van der Waals surface area contributed by atoms with Gasteiger partial charge in [0.15, 0.2) is 0 Å². The van der Waals surface area contributed by atoms with Crippen LogP contribution in [0, 0.1) is 19.7 Å². The van der Waals surface area contributed by atoms with Gasteiger partial charge in [0, 0.05) is 29.5 Å². The van der Waals surface area contributed by atoms with Gasteiger partial charge < -0.3 is 9.84 Å². The molecule has 0 bridgehead atoms. The Kier molecular flexibility index (Phi) is 5.72. The molecule has 2 aromatic carbocycles. The Labute approximate surface area is 177 Å². The number of halogens is 1. The van der Waals surface area contributed by atoms with E-state index in [0.29, 0.717) is 35.5 Å². The van der Waals surface area contributed by atoms with Crippen molar-refractivity contribution in [2.45, 2.75) is 20.3 Å². The van der Waals surface area contributed by atoms with Crippen molar-refractivity contribution in [1.82, 2.24) is 15.5 Å². The highest BCUT2D eigenvalue weighted by atomic mass is 32.1. The minimum Gasteiger partial charge on any atom is -0.360 e. The molecule has 5 nitrogen and oxygen atoms in total. The first-order chi connectivity index (χ1) is 14.5. The quantitative estimate of drug-likeness (QED) is 0.465. The van der Waals surface area contributed by atoms with Crippen molar-refractivity contribution < 1.29 is 13.7 Å². The van der Waals surface area contributed by atoms with E-state index in [1.807, 2.05) is 5.38 Å². The van der Waals surface area contributed by atoms with Gasteiger partial charge in [0.25, 0.3) is 5.91 Å². The van der Waals surface area contributed by atoms with Gasteiger partial charge in [0.2, 0.25) is 0 Å². The summed E-state index contributed by atoms with van der Waals surface area (Å²) in [4.78, 5) is 17.4. The second-order valence-electron chi connectivity index (χ2n) is 6.99. The second kappa shape index (κ2) is 8.59. The van der Waals surface area contributed by atoms with E-state index in [-0.39, 0.29) is 11.7 Å². The van der Waals surface area contributed by atoms with Crippen LogP contribution >= 0.6 is 11.3 Å². The van der Waals surface area contributed by atoms with E-state index in [2.05, 4.69) is 46.6 Å². The van der Waals surface area contributed by atoms with E-state index in [9.17, 15) is 9.18 Å². The minimum atomic E-state index is -0.349. The van der Waals surface area contributed by atoms with Gasteiger partial charge in [-0.25, -0.2) is 9.37 Å². The van der Waals surface area contributed by atoms with Gasteiger partial charge in [-0.3, -0.25) is 4.79 Å². The molecule has 2 aromatic heterocycles. The van der Waals surface area contributed by atoms with Crippen LogP contribution in [0.15, 0.2) is 58.4 Å². The number of nitrogens with one attached hydrogen (secondary N) is 1. The highest BCUT2D eigenvalue weighted by molar-refractivity contribution is 7.13. The molecule has 4 aromatic rings. The predicted octanol–water partition coefficient (Wildman–Crippen LogP) is 5.19. The van der Waals surface area contributed by atoms with Gasteiger partial charge in [0.05, 0.1) is 5.69 Å². The third-order valence-electron chi connectivity index (χ3n) is 4.72. The Hall–Kier alpha value is -3.32. The van der Waals surface area contributed by atoms with Crippen LogP contribution in [-0.4, -0.2) is 22.6 Å². The average Bonchev–Trinajstić information content (AvgIpc) is 3.36. The molecule has 0 fully saturated rings. The summed E-state index contributed by atoms with van der Waals surface area (Å²) >= 11 is 1.59. The van der Waals surface area contributed by atoms with Gasteiger partial charge >= 0.3 is 0 Å². The molecule has 0 aliphatic heterocycles. The number of aryl methyl sites for hydroxylation is 2. The fourth-order valence-electron chi connectivity index (χ4n) is 3.09. The molecule has 0 aliphatic rings. The number of hydrogen-bond donors (Lipinski definition) is 1. The lowest BCUT2D eigenvalue weighted by Crippen LogP contribution is -2.26. The summed E-state index contributed by atoms with van der Waals surface area (Å²) in [7, 11) is 0. The van der Waals surface area contributed by atoms with Crippen LogP contribution in [0.25, 0.3) is 21.8 Å². The lowest BCUT2D eigenvalue weighted by atomic mass is 10.1. The van der Waals surface area contributed by atoms with Crippen LogP contribution in [0.2, 0.25) is 0 Å². The molecule has 30 heavy (non-hydrogen) atoms. The van der Waals surface area contributed by atoms with Crippen LogP contribution < -0.4 is 5.32 Å². The number of aromatic nitrogens is 2. The first-order valence-corrected chi connectivity index (χ1v) is 10.4. The number of thiazole rings is 1. The van der Waals surface area contributed by atoms with Crippen LogP contribution in [0.4, 0.5) is 4.39 Å². The third-order valence-corrected chi connectivity index (χ3v) is 5.66. The molecule has 0 spiro atoms. The maximum Gasteiger partial charge on any atom is 0.257 e. The maximum atomic E-state index is 13.2. The van der Waals surface area contributed by atoms with Gasteiger partial charge in [-0.2, -0.15) is 0 Å². The van der Waals surface area contributed by atoms with Gasteiger partial charge in [0.1, 0.15) is 27.8 Å². The smallest absolute Gasteiger partial charge is 0.257 e. The molecule has 4 rings (SSSR count). The fraction of sp³-hybridized carbons (Fsp3) is 0.174. The highest BCUT2D eigenvalue weighted by Gasteiger charge is 2.21. The van der Waals surface area contributed by atoms with Crippen molar-refractivity contribution in [2.24, 2.45) is 0 Å². The molecule has 0 radical (unpaired) electrons. The number of carbonyl (C=O) groups is 1. The summed E-state index contributed by atoms with van der Waals surface area (Å²) in [5.41, 5.74) is 4.62. The van der Waals surface area contributed by atoms with Crippen molar-refractivity contribution in [3.63, 3.8) is 0 Å². The summed E-state index contributed by atoms with van der Waals surface area (Å²) in [6.45, 7) is 4.17. The minimum absolute atomic E-state index is 0.276. The molecule has 0 aliphatic carbocycles. The van der Waals surface area contributed by atoms with Crippen molar-refractivity contribution >= 4 is 17.2 Å². The number of amides is 1. The number of nitrogens with zero attached hydrogens (tertiary/aromatic N) is 2.